The number of rotatable bonds is 6. The number of thiazole rings is 1. The lowest BCUT2D eigenvalue weighted by atomic mass is 9.82. The third-order valence-electron chi connectivity index (χ3n) is 6.90. The fourth-order valence-electron chi connectivity index (χ4n) is 5.32. The Balaban J connectivity index is 1.90. The molecule has 2 aromatic heterocycles. The molecule has 1 aliphatic rings. The van der Waals surface area contributed by atoms with Crippen LogP contribution in [0.4, 0.5) is 0 Å². The highest BCUT2D eigenvalue weighted by Gasteiger charge is 2.60. The zero-order chi connectivity index (χ0) is 26.3. The molecule has 0 aliphatic carbocycles. The molecule has 0 radical (unpaired) electrons. The van der Waals surface area contributed by atoms with Gasteiger partial charge in [-0.15, -0.1) is 11.3 Å². The van der Waals surface area contributed by atoms with Gasteiger partial charge in [-0.25, -0.2) is 9.78 Å². The summed E-state index contributed by atoms with van der Waals surface area (Å²) in [7, 11) is 0. The molecule has 7 nitrogen and oxygen atoms in total. The van der Waals surface area contributed by atoms with Crippen molar-refractivity contribution in [3.8, 4) is 0 Å². The number of carbonyl (C=O) groups is 2. The molecule has 8 heteroatoms. The molecule has 1 aromatic carbocycles. The molecular weight excluding hydrogens is 472 g/mol. The van der Waals surface area contributed by atoms with Crippen molar-refractivity contribution in [1.29, 1.82) is 0 Å². The Labute approximate surface area is 216 Å². The van der Waals surface area contributed by atoms with Gasteiger partial charge >= 0.3 is 5.97 Å². The number of carbonyl (C=O) groups excluding carboxylic acids is 1. The van der Waals surface area contributed by atoms with E-state index in [-0.39, 0.29) is 29.6 Å². The minimum atomic E-state index is -1.40. The Morgan fingerprint density at radius 3 is 2.42 bits per heavy atom. The third-order valence-corrected chi connectivity index (χ3v) is 7.74. The van der Waals surface area contributed by atoms with E-state index in [1.807, 2.05) is 50.4 Å². The van der Waals surface area contributed by atoms with Gasteiger partial charge in [0.1, 0.15) is 10.5 Å². The quantitative estimate of drug-likeness (QED) is 0.455. The number of likely N-dealkylation sites (tertiary alicyclic amines) is 1. The van der Waals surface area contributed by atoms with Gasteiger partial charge in [-0.3, -0.25) is 14.8 Å². The molecule has 0 saturated carbocycles. The van der Waals surface area contributed by atoms with E-state index < -0.39 is 17.6 Å². The van der Waals surface area contributed by atoms with Crippen molar-refractivity contribution in [3.63, 3.8) is 0 Å². The van der Waals surface area contributed by atoms with Crippen molar-refractivity contribution >= 4 is 23.2 Å². The molecule has 190 valence electrons. The van der Waals surface area contributed by atoms with Crippen LogP contribution >= 0.6 is 11.3 Å². The molecule has 1 aliphatic heterocycles. The first-order valence-electron chi connectivity index (χ1n) is 12.3. The molecule has 1 unspecified atom stereocenters. The SMILES string of the molecule is Cc1cncc([C@H]2C[C@@](CC(C)C)(C(=O)O)N(C(=O)c3ccc(C(C)(C)C)cc3)C2c2nccs2)n1. The Kier molecular flexibility index (Phi) is 7.01. The summed E-state index contributed by atoms with van der Waals surface area (Å²) in [5, 5.41) is 13.3. The van der Waals surface area contributed by atoms with E-state index in [0.29, 0.717) is 22.7 Å². The molecule has 1 fully saturated rings. The zero-order valence-corrected chi connectivity index (χ0v) is 22.5. The standard InChI is InChI=1S/C28H34N4O3S/c1-17(2)13-28(26(34)35)14-21(22-16-29-15-18(3)31-22)23(24-30-11-12-36-24)32(28)25(33)19-7-9-20(10-8-19)27(4,5)6/h7-12,15-17,21,23H,13-14H2,1-6H3,(H,34,35)/t21-,23?,28+/m1/s1. The van der Waals surface area contributed by atoms with E-state index in [2.05, 4.69) is 30.7 Å². The van der Waals surface area contributed by atoms with Crippen LogP contribution in [0.1, 0.15) is 91.7 Å². The minimum absolute atomic E-state index is 0.0546. The molecule has 3 aromatic rings. The molecule has 3 heterocycles. The van der Waals surface area contributed by atoms with Crippen molar-refractivity contribution in [1.82, 2.24) is 19.9 Å². The van der Waals surface area contributed by atoms with Crippen LogP contribution in [-0.2, 0) is 10.2 Å². The van der Waals surface area contributed by atoms with Crippen LogP contribution in [0.3, 0.4) is 0 Å². The maximum absolute atomic E-state index is 14.3. The van der Waals surface area contributed by atoms with Crippen LogP contribution in [0.2, 0.25) is 0 Å². The largest absolute Gasteiger partial charge is 0.479 e. The van der Waals surface area contributed by atoms with Crippen LogP contribution in [0.15, 0.2) is 48.2 Å². The summed E-state index contributed by atoms with van der Waals surface area (Å²) in [6.07, 6.45) is 5.63. The number of aliphatic carboxylic acids is 1. The summed E-state index contributed by atoms with van der Waals surface area (Å²) in [4.78, 5) is 42.6. The van der Waals surface area contributed by atoms with Crippen LogP contribution in [0, 0.1) is 12.8 Å². The van der Waals surface area contributed by atoms with Gasteiger partial charge in [0.15, 0.2) is 0 Å². The smallest absolute Gasteiger partial charge is 0.329 e. The van der Waals surface area contributed by atoms with Crippen molar-refractivity contribution < 1.29 is 14.7 Å². The second kappa shape index (κ2) is 9.73. The van der Waals surface area contributed by atoms with Crippen LogP contribution < -0.4 is 0 Å². The number of hydrogen-bond donors (Lipinski definition) is 1. The molecule has 3 atom stereocenters. The summed E-state index contributed by atoms with van der Waals surface area (Å²) in [6, 6.07) is 6.96. The van der Waals surface area contributed by atoms with Crippen molar-refractivity contribution in [2.24, 2.45) is 5.92 Å². The molecule has 4 rings (SSSR count). The lowest BCUT2D eigenvalue weighted by Gasteiger charge is -2.38. The Hall–Kier alpha value is -3.13. The topological polar surface area (TPSA) is 96.3 Å². The second-order valence-corrected chi connectivity index (χ2v) is 12.1. The van der Waals surface area contributed by atoms with E-state index >= 15 is 0 Å². The monoisotopic (exact) mass is 506 g/mol. The first-order chi connectivity index (χ1) is 16.9. The summed E-state index contributed by atoms with van der Waals surface area (Å²) in [5.74, 6) is -1.60. The number of benzene rings is 1. The van der Waals surface area contributed by atoms with Crippen molar-refractivity contribution in [3.05, 3.63) is 75.8 Å². The Morgan fingerprint density at radius 1 is 1.19 bits per heavy atom. The normalized spacial score (nSPS) is 22.2. The van der Waals surface area contributed by atoms with E-state index in [1.165, 1.54) is 11.3 Å². The second-order valence-electron chi connectivity index (χ2n) is 11.1. The Bertz CT molecular complexity index is 1230. The van der Waals surface area contributed by atoms with Crippen molar-refractivity contribution in [2.75, 3.05) is 0 Å². The van der Waals surface area contributed by atoms with E-state index in [1.54, 1.807) is 23.5 Å². The number of hydrogen-bond acceptors (Lipinski definition) is 6. The number of carboxylic acid groups (broad SMARTS) is 1. The first kappa shape index (κ1) is 25.9. The summed E-state index contributed by atoms with van der Waals surface area (Å²) in [5.41, 5.74) is 1.54. The van der Waals surface area contributed by atoms with E-state index in [4.69, 9.17) is 4.98 Å². The van der Waals surface area contributed by atoms with Gasteiger partial charge in [0.2, 0.25) is 0 Å². The number of amides is 1. The Morgan fingerprint density at radius 2 is 1.89 bits per heavy atom. The van der Waals surface area contributed by atoms with E-state index in [9.17, 15) is 14.7 Å². The maximum atomic E-state index is 14.3. The average Bonchev–Trinajstić information content (AvgIpc) is 3.44. The first-order valence-corrected chi connectivity index (χ1v) is 13.2. The minimum Gasteiger partial charge on any atom is -0.479 e. The van der Waals surface area contributed by atoms with Crippen LogP contribution in [0.25, 0.3) is 0 Å². The molecule has 0 spiro atoms. The maximum Gasteiger partial charge on any atom is 0.329 e. The third kappa shape index (κ3) is 4.78. The lowest BCUT2D eigenvalue weighted by molar-refractivity contribution is -0.150. The predicted molar refractivity (Wildman–Crippen MR) is 140 cm³/mol. The summed E-state index contributed by atoms with van der Waals surface area (Å²) in [6.45, 7) is 12.2. The van der Waals surface area contributed by atoms with E-state index in [0.717, 1.165) is 11.3 Å². The van der Waals surface area contributed by atoms with Crippen LogP contribution in [0.5, 0.6) is 0 Å². The average molecular weight is 507 g/mol. The fraction of sp³-hybridized carbons (Fsp3) is 0.464. The van der Waals surface area contributed by atoms with Gasteiger partial charge in [0.05, 0.1) is 17.4 Å². The van der Waals surface area contributed by atoms with Gasteiger partial charge in [-0.1, -0.05) is 46.8 Å². The van der Waals surface area contributed by atoms with Gasteiger partial charge in [-0.2, -0.15) is 0 Å². The molecule has 1 saturated heterocycles. The van der Waals surface area contributed by atoms with Crippen molar-refractivity contribution in [2.45, 2.75) is 77.3 Å². The van der Waals surface area contributed by atoms with Gasteiger partial charge < -0.3 is 10.0 Å². The highest BCUT2D eigenvalue weighted by molar-refractivity contribution is 7.09. The highest BCUT2D eigenvalue weighted by Crippen LogP contribution is 2.54. The molecule has 0 bridgehead atoms. The lowest BCUT2D eigenvalue weighted by Crippen LogP contribution is -2.54. The van der Waals surface area contributed by atoms with Gasteiger partial charge in [-0.05, 0) is 48.8 Å². The van der Waals surface area contributed by atoms with Gasteiger partial charge in [0, 0.05) is 35.5 Å². The zero-order valence-electron chi connectivity index (χ0n) is 21.7. The number of nitrogens with zero attached hydrogens (tertiary/aromatic N) is 4. The predicted octanol–water partition coefficient (Wildman–Crippen LogP) is 5.78. The van der Waals surface area contributed by atoms with Gasteiger partial charge in [0.25, 0.3) is 5.91 Å². The molecule has 1 amide bonds. The highest BCUT2D eigenvalue weighted by atomic mass is 32.1. The molecular formula is C28H34N4O3S. The summed E-state index contributed by atoms with van der Waals surface area (Å²) >= 11 is 1.43. The number of carboxylic acids is 1. The fourth-order valence-corrected chi connectivity index (χ4v) is 6.11. The molecule has 1 N–H and O–H groups in total. The van der Waals surface area contributed by atoms with Crippen LogP contribution in [-0.4, -0.2) is 42.4 Å². The number of aryl methyl sites for hydroxylation is 1. The molecule has 36 heavy (non-hydrogen) atoms. The number of aromatic nitrogens is 3. The summed E-state index contributed by atoms with van der Waals surface area (Å²) < 4.78 is 0.